The molecule has 1 aromatic carbocycles. The van der Waals surface area contributed by atoms with Crippen LogP contribution < -0.4 is 10.6 Å². The maximum atomic E-state index is 12.9. The van der Waals surface area contributed by atoms with Gasteiger partial charge in [0.2, 0.25) is 0 Å². The summed E-state index contributed by atoms with van der Waals surface area (Å²) in [5.41, 5.74) is 7.36. The SMILES string of the molecule is Cl.Cl.Nc1cc(F)ccc1N1CCCCCC1. The molecule has 17 heavy (non-hydrogen) atoms. The number of anilines is 2. The van der Waals surface area contributed by atoms with Crippen LogP contribution in [-0.4, -0.2) is 13.1 Å². The van der Waals surface area contributed by atoms with E-state index in [1.165, 1.54) is 37.8 Å². The predicted octanol–water partition coefficient (Wildman–Crippen LogP) is 3.63. The fourth-order valence-corrected chi connectivity index (χ4v) is 2.12. The number of halogens is 3. The van der Waals surface area contributed by atoms with E-state index in [1.807, 2.05) is 0 Å². The molecule has 2 rings (SSSR count). The third-order valence-electron chi connectivity index (χ3n) is 2.94. The number of nitrogens with zero attached hydrogens (tertiary/aromatic N) is 1. The van der Waals surface area contributed by atoms with Gasteiger partial charge < -0.3 is 10.6 Å². The minimum Gasteiger partial charge on any atom is -0.397 e. The number of hydrogen-bond acceptors (Lipinski definition) is 2. The van der Waals surface area contributed by atoms with Gasteiger partial charge in [0.05, 0.1) is 11.4 Å². The highest BCUT2D eigenvalue weighted by molar-refractivity contribution is 5.85. The van der Waals surface area contributed by atoms with Crippen LogP contribution in [0.25, 0.3) is 0 Å². The van der Waals surface area contributed by atoms with Crippen LogP contribution in [0.2, 0.25) is 0 Å². The monoisotopic (exact) mass is 280 g/mol. The second-order valence-electron chi connectivity index (χ2n) is 4.10. The van der Waals surface area contributed by atoms with Gasteiger partial charge >= 0.3 is 0 Å². The van der Waals surface area contributed by atoms with Gasteiger partial charge in [-0.25, -0.2) is 4.39 Å². The van der Waals surface area contributed by atoms with Crippen molar-refractivity contribution < 1.29 is 4.39 Å². The van der Waals surface area contributed by atoms with Gasteiger partial charge in [0, 0.05) is 13.1 Å². The molecule has 1 aliphatic heterocycles. The summed E-state index contributed by atoms with van der Waals surface area (Å²) in [4.78, 5) is 2.27. The molecule has 0 saturated carbocycles. The van der Waals surface area contributed by atoms with Crippen LogP contribution in [0.3, 0.4) is 0 Å². The Hall–Kier alpha value is -0.670. The molecule has 1 saturated heterocycles. The molecular weight excluding hydrogens is 262 g/mol. The maximum Gasteiger partial charge on any atom is 0.125 e. The molecule has 0 unspecified atom stereocenters. The summed E-state index contributed by atoms with van der Waals surface area (Å²) in [6, 6.07) is 4.67. The van der Waals surface area contributed by atoms with Crippen LogP contribution in [0.5, 0.6) is 0 Å². The number of nitrogens with two attached hydrogens (primary N) is 1. The Morgan fingerprint density at radius 2 is 1.59 bits per heavy atom. The molecule has 0 radical (unpaired) electrons. The summed E-state index contributed by atoms with van der Waals surface area (Å²) in [7, 11) is 0. The molecule has 98 valence electrons. The lowest BCUT2D eigenvalue weighted by molar-refractivity contribution is 0.628. The highest BCUT2D eigenvalue weighted by Crippen LogP contribution is 2.26. The molecule has 1 aromatic rings. The lowest BCUT2D eigenvalue weighted by Crippen LogP contribution is -2.24. The molecule has 0 spiro atoms. The average Bonchev–Trinajstić information content (AvgIpc) is 2.46. The van der Waals surface area contributed by atoms with Crippen LogP contribution in [0.1, 0.15) is 25.7 Å². The zero-order valence-electron chi connectivity index (χ0n) is 9.69. The van der Waals surface area contributed by atoms with Crippen molar-refractivity contribution in [1.29, 1.82) is 0 Å². The summed E-state index contributed by atoms with van der Waals surface area (Å²) < 4.78 is 12.9. The normalized spacial score (nSPS) is 15.5. The van der Waals surface area contributed by atoms with Crippen molar-refractivity contribution in [2.24, 2.45) is 0 Å². The molecule has 2 N–H and O–H groups in total. The van der Waals surface area contributed by atoms with Crippen molar-refractivity contribution in [3.63, 3.8) is 0 Å². The number of nitrogen functional groups attached to an aromatic ring is 1. The fraction of sp³-hybridized carbons (Fsp3) is 0.500. The smallest absolute Gasteiger partial charge is 0.125 e. The van der Waals surface area contributed by atoms with Crippen molar-refractivity contribution in [2.45, 2.75) is 25.7 Å². The fourth-order valence-electron chi connectivity index (χ4n) is 2.12. The number of hydrogen-bond donors (Lipinski definition) is 1. The Balaban J connectivity index is 0.00000128. The summed E-state index contributed by atoms with van der Waals surface area (Å²) in [5, 5.41) is 0. The highest BCUT2D eigenvalue weighted by atomic mass is 35.5. The minimum absolute atomic E-state index is 0. The highest BCUT2D eigenvalue weighted by Gasteiger charge is 2.12. The van der Waals surface area contributed by atoms with E-state index in [9.17, 15) is 4.39 Å². The Morgan fingerprint density at radius 1 is 1.00 bits per heavy atom. The number of benzene rings is 1. The molecule has 0 aliphatic carbocycles. The Morgan fingerprint density at radius 3 is 2.12 bits per heavy atom. The number of rotatable bonds is 1. The van der Waals surface area contributed by atoms with E-state index >= 15 is 0 Å². The van der Waals surface area contributed by atoms with Crippen molar-refractivity contribution in [3.8, 4) is 0 Å². The quantitative estimate of drug-likeness (QED) is 0.796. The molecule has 1 fully saturated rings. The van der Waals surface area contributed by atoms with E-state index in [2.05, 4.69) is 4.90 Å². The Bertz CT molecular complexity index is 339. The largest absolute Gasteiger partial charge is 0.397 e. The first-order chi connectivity index (χ1) is 7.27. The van der Waals surface area contributed by atoms with E-state index in [0.717, 1.165) is 18.8 Å². The van der Waals surface area contributed by atoms with Crippen LogP contribution in [-0.2, 0) is 0 Å². The molecule has 0 amide bonds. The second kappa shape index (κ2) is 7.62. The summed E-state index contributed by atoms with van der Waals surface area (Å²) in [6.07, 6.45) is 4.99. The topological polar surface area (TPSA) is 29.3 Å². The molecule has 5 heteroatoms. The first-order valence-corrected chi connectivity index (χ1v) is 5.57. The van der Waals surface area contributed by atoms with Gasteiger partial charge in [0.25, 0.3) is 0 Å². The van der Waals surface area contributed by atoms with Crippen molar-refractivity contribution in [1.82, 2.24) is 0 Å². The van der Waals surface area contributed by atoms with Gasteiger partial charge in [-0.2, -0.15) is 0 Å². The van der Waals surface area contributed by atoms with E-state index in [4.69, 9.17) is 5.73 Å². The third-order valence-corrected chi connectivity index (χ3v) is 2.94. The van der Waals surface area contributed by atoms with Crippen molar-refractivity contribution in [3.05, 3.63) is 24.0 Å². The zero-order chi connectivity index (χ0) is 10.7. The standard InChI is InChI=1S/C12H17FN2.2ClH/c13-10-5-6-12(11(14)9-10)15-7-3-1-2-4-8-15;;/h5-6,9H,1-4,7-8,14H2;2*1H. The molecule has 0 aromatic heterocycles. The molecule has 1 heterocycles. The van der Waals surface area contributed by atoms with Gasteiger partial charge in [-0.1, -0.05) is 12.8 Å². The first-order valence-electron chi connectivity index (χ1n) is 5.57. The molecule has 0 bridgehead atoms. The second-order valence-corrected chi connectivity index (χ2v) is 4.10. The van der Waals surface area contributed by atoms with E-state index in [0.29, 0.717) is 5.69 Å². The summed E-state index contributed by atoms with van der Waals surface area (Å²) in [5.74, 6) is -0.258. The predicted molar refractivity (Wildman–Crippen MR) is 76.0 cm³/mol. The van der Waals surface area contributed by atoms with E-state index in [1.54, 1.807) is 6.07 Å². The lowest BCUT2D eigenvalue weighted by Gasteiger charge is -2.24. The molecule has 2 nitrogen and oxygen atoms in total. The maximum absolute atomic E-state index is 12.9. The van der Waals surface area contributed by atoms with Crippen LogP contribution in [0, 0.1) is 5.82 Å². The van der Waals surface area contributed by atoms with E-state index in [-0.39, 0.29) is 30.6 Å². The summed E-state index contributed by atoms with van der Waals surface area (Å²) in [6.45, 7) is 2.08. The van der Waals surface area contributed by atoms with Crippen molar-refractivity contribution >= 4 is 36.2 Å². The van der Waals surface area contributed by atoms with Gasteiger partial charge in [-0.3, -0.25) is 0 Å². The van der Waals surface area contributed by atoms with Crippen LogP contribution in [0.4, 0.5) is 15.8 Å². The van der Waals surface area contributed by atoms with Gasteiger partial charge in [0.15, 0.2) is 0 Å². The summed E-state index contributed by atoms with van der Waals surface area (Å²) >= 11 is 0. The van der Waals surface area contributed by atoms with Gasteiger partial charge in [-0.15, -0.1) is 24.8 Å². The van der Waals surface area contributed by atoms with Crippen molar-refractivity contribution in [2.75, 3.05) is 23.7 Å². The van der Waals surface area contributed by atoms with Crippen LogP contribution >= 0.6 is 24.8 Å². The molecule has 1 aliphatic rings. The lowest BCUT2D eigenvalue weighted by atomic mass is 10.2. The van der Waals surface area contributed by atoms with E-state index < -0.39 is 0 Å². The average molecular weight is 281 g/mol. The van der Waals surface area contributed by atoms with Gasteiger partial charge in [0.1, 0.15) is 5.82 Å². The minimum atomic E-state index is -0.258. The van der Waals surface area contributed by atoms with Crippen LogP contribution in [0.15, 0.2) is 18.2 Å². The Kier molecular flexibility index (Phi) is 7.32. The Labute approximate surface area is 114 Å². The molecule has 0 atom stereocenters. The third kappa shape index (κ3) is 4.25. The first kappa shape index (κ1) is 16.3. The van der Waals surface area contributed by atoms with Gasteiger partial charge in [-0.05, 0) is 31.0 Å². The zero-order valence-corrected chi connectivity index (χ0v) is 11.3. The molecular formula is C12H19Cl2FN2.